The maximum Gasteiger partial charge on any atom is 0.131 e. The minimum Gasteiger partial charge on any atom is -0.508 e. The van der Waals surface area contributed by atoms with Crippen LogP contribution in [0.25, 0.3) is 11.3 Å². The van der Waals surface area contributed by atoms with E-state index in [9.17, 15) is 14.6 Å². The second kappa shape index (κ2) is 7.86. The molecule has 0 aliphatic carbocycles. The smallest absolute Gasteiger partial charge is 0.131 e. The Hall–Kier alpha value is -3.12. The van der Waals surface area contributed by atoms with Crippen molar-refractivity contribution in [3.63, 3.8) is 0 Å². The third kappa shape index (κ3) is 4.23. The van der Waals surface area contributed by atoms with Crippen molar-refractivity contribution in [1.29, 1.82) is 0 Å². The predicted molar refractivity (Wildman–Crippen MR) is 108 cm³/mol. The van der Waals surface area contributed by atoms with Crippen molar-refractivity contribution in [2.24, 2.45) is 0 Å². The van der Waals surface area contributed by atoms with E-state index in [1.165, 1.54) is 12.1 Å². The summed E-state index contributed by atoms with van der Waals surface area (Å²) in [6.07, 6.45) is 1.16. The van der Waals surface area contributed by atoms with Gasteiger partial charge in [0.25, 0.3) is 0 Å². The number of nitrogens with one attached hydrogen (secondary N) is 1. The van der Waals surface area contributed by atoms with Gasteiger partial charge in [-0.05, 0) is 67.4 Å². The third-order valence-electron chi connectivity index (χ3n) is 4.90. The molecular formula is C22H22FN3O2. The lowest BCUT2D eigenvalue weighted by molar-refractivity contribution is 0.145. The maximum absolute atomic E-state index is 13.3. The molecule has 4 rings (SSSR count). The Morgan fingerprint density at radius 2 is 1.61 bits per heavy atom. The van der Waals surface area contributed by atoms with Gasteiger partial charge in [-0.2, -0.15) is 0 Å². The number of aromatic nitrogens is 1. The molecule has 2 heterocycles. The van der Waals surface area contributed by atoms with Gasteiger partial charge < -0.3 is 20.4 Å². The van der Waals surface area contributed by atoms with E-state index in [0.717, 1.165) is 41.5 Å². The molecule has 1 aliphatic heterocycles. The summed E-state index contributed by atoms with van der Waals surface area (Å²) in [5.41, 5.74) is 3.26. The summed E-state index contributed by atoms with van der Waals surface area (Å²) in [5, 5.41) is 22.6. The van der Waals surface area contributed by atoms with Crippen molar-refractivity contribution in [2.45, 2.75) is 18.9 Å². The van der Waals surface area contributed by atoms with Crippen molar-refractivity contribution in [1.82, 2.24) is 4.98 Å². The Morgan fingerprint density at radius 3 is 2.29 bits per heavy atom. The number of hydrogen-bond donors (Lipinski definition) is 3. The van der Waals surface area contributed by atoms with Gasteiger partial charge in [0.2, 0.25) is 0 Å². The number of rotatable bonds is 4. The number of benzene rings is 2. The van der Waals surface area contributed by atoms with E-state index in [0.29, 0.717) is 12.8 Å². The molecule has 1 saturated heterocycles. The molecule has 0 saturated carbocycles. The number of nitrogens with zero attached hydrogens (tertiary/aromatic N) is 2. The summed E-state index contributed by atoms with van der Waals surface area (Å²) in [7, 11) is 0. The summed E-state index contributed by atoms with van der Waals surface area (Å²) < 4.78 is 13.3. The molecule has 6 heteroatoms. The van der Waals surface area contributed by atoms with Crippen molar-refractivity contribution in [3.8, 4) is 17.0 Å². The monoisotopic (exact) mass is 379 g/mol. The van der Waals surface area contributed by atoms with Gasteiger partial charge in [0.15, 0.2) is 0 Å². The normalized spacial score (nSPS) is 14.9. The van der Waals surface area contributed by atoms with Crippen molar-refractivity contribution in [2.75, 3.05) is 23.3 Å². The fourth-order valence-electron chi connectivity index (χ4n) is 3.33. The Labute approximate surface area is 163 Å². The van der Waals surface area contributed by atoms with Crippen LogP contribution in [0.2, 0.25) is 0 Å². The molecule has 0 amide bonds. The average molecular weight is 379 g/mol. The Bertz CT molecular complexity index is 937. The van der Waals surface area contributed by atoms with Gasteiger partial charge >= 0.3 is 0 Å². The lowest BCUT2D eigenvalue weighted by Gasteiger charge is -2.31. The maximum atomic E-state index is 13.3. The van der Waals surface area contributed by atoms with Gasteiger partial charge in [0.1, 0.15) is 17.4 Å². The molecule has 2 aromatic carbocycles. The summed E-state index contributed by atoms with van der Waals surface area (Å²) in [5.74, 6) is 0.738. The SMILES string of the molecule is Oc1ccc(Nc2cc(-c3ccc(F)cc3)nc(N3CCC(O)CC3)c2)cc1. The Kier molecular flexibility index (Phi) is 5.12. The summed E-state index contributed by atoms with van der Waals surface area (Å²) in [6.45, 7) is 1.47. The standard InChI is InChI=1S/C22H22FN3O2/c23-16-3-1-15(2-4-16)21-13-18(24-17-5-7-19(27)8-6-17)14-22(25-21)26-11-9-20(28)10-12-26/h1-8,13-14,20,27-28H,9-12H2,(H,24,25). The van der Waals surface area contributed by atoms with Crippen molar-refractivity contribution in [3.05, 3.63) is 66.5 Å². The minimum absolute atomic E-state index is 0.208. The largest absolute Gasteiger partial charge is 0.508 e. The summed E-state index contributed by atoms with van der Waals surface area (Å²) >= 11 is 0. The Balaban J connectivity index is 1.69. The number of aliphatic hydroxyl groups is 1. The molecule has 1 fully saturated rings. The highest BCUT2D eigenvalue weighted by atomic mass is 19.1. The van der Waals surface area contributed by atoms with Crippen LogP contribution in [0.4, 0.5) is 21.6 Å². The molecule has 0 unspecified atom stereocenters. The first-order chi connectivity index (χ1) is 13.6. The predicted octanol–water partition coefficient (Wildman–Crippen LogP) is 4.30. The van der Waals surface area contributed by atoms with E-state index in [1.54, 1.807) is 36.4 Å². The zero-order valence-electron chi connectivity index (χ0n) is 15.3. The van der Waals surface area contributed by atoms with Crippen LogP contribution in [0.1, 0.15) is 12.8 Å². The third-order valence-corrected chi connectivity index (χ3v) is 4.90. The Morgan fingerprint density at radius 1 is 0.929 bits per heavy atom. The number of aliphatic hydroxyl groups excluding tert-OH is 1. The number of aromatic hydroxyl groups is 1. The van der Waals surface area contributed by atoms with E-state index in [2.05, 4.69) is 10.2 Å². The second-order valence-electron chi connectivity index (χ2n) is 7.00. The molecule has 28 heavy (non-hydrogen) atoms. The molecule has 0 spiro atoms. The van der Waals surface area contributed by atoms with Gasteiger partial charge in [-0.15, -0.1) is 0 Å². The van der Waals surface area contributed by atoms with Crippen LogP contribution < -0.4 is 10.2 Å². The number of pyridine rings is 1. The first-order valence-corrected chi connectivity index (χ1v) is 9.34. The number of phenolic OH excluding ortho intramolecular Hbond substituents is 1. The number of hydrogen-bond acceptors (Lipinski definition) is 5. The van der Waals surface area contributed by atoms with E-state index in [4.69, 9.17) is 4.98 Å². The zero-order valence-corrected chi connectivity index (χ0v) is 15.3. The number of anilines is 3. The number of phenols is 1. The molecule has 1 aromatic heterocycles. The average Bonchev–Trinajstić information content (AvgIpc) is 2.71. The van der Waals surface area contributed by atoms with Crippen LogP contribution >= 0.6 is 0 Å². The van der Waals surface area contributed by atoms with Crippen LogP contribution in [0.5, 0.6) is 5.75 Å². The fraction of sp³-hybridized carbons (Fsp3) is 0.227. The second-order valence-corrected chi connectivity index (χ2v) is 7.00. The van der Waals surface area contributed by atoms with Crippen molar-refractivity contribution < 1.29 is 14.6 Å². The van der Waals surface area contributed by atoms with Crippen LogP contribution in [0, 0.1) is 5.82 Å². The van der Waals surface area contributed by atoms with Gasteiger partial charge in [0.05, 0.1) is 11.8 Å². The van der Waals surface area contributed by atoms with E-state index in [-0.39, 0.29) is 17.7 Å². The summed E-state index contributed by atoms with van der Waals surface area (Å²) in [4.78, 5) is 6.93. The van der Waals surface area contributed by atoms with Crippen LogP contribution in [0.3, 0.4) is 0 Å². The number of piperidine rings is 1. The lowest BCUT2D eigenvalue weighted by Crippen LogP contribution is -2.36. The highest BCUT2D eigenvalue weighted by Gasteiger charge is 2.19. The van der Waals surface area contributed by atoms with E-state index < -0.39 is 0 Å². The quantitative estimate of drug-likeness (QED) is 0.590. The van der Waals surface area contributed by atoms with Crippen LogP contribution in [-0.4, -0.2) is 34.4 Å². The lowest BCUT2D eigenvalue weighted by atomic mass is 10.1. The first kappa shape index (κ1) is 18.3. The summed E-state index contributed by atoms with van der Waals surface area (Å²) in [6, 6.07) is 17.0. The fourth-order valence-corrected chi connectivity index (χ4v) is 3.33. The van der Waals surface area contributed by atoms with Gasteiger partial charge in [-0.1, -0.05) is 0 Å². The molecule has 0 radical (unpaired) electrons. The topological polar surface area (TPSA) is 68.6 Å². The highest BCUT2D eigenvalue weighted by Crippen LogP contribution is 2.29. The van der Waals surface area contributed by atoms with Gasteiger partial charge in [-0.3, -0.25) is 0 Å². The molecular weight excluding hydrogens is 357 g/mol. The molecule has 1 aliphatic rings. The van der Waals surface area contributed by atoms with Crippen LogP contribution in [0.15, 0.2) is 60.7 Å². The number of halogens is 1. The molecule has 3 aromatic rings. The van der Waals surface area contributed by atoms with E-state index >= 15 is 0 Å². The van der Waals surface area contributed by atoms with Crippen molar-refractivity contribution >= 4 is 17.2 Å². The van der Waals surface area contributed by atoms with Gasteiger partial charge in [0, 0.05) is 36.1 Å². The molecule has 144 valence electrons. The first-order valence-electron chi connectivity index (χ1n) is 9.34. The van der Waals surface area contributed by atoms with E-state index in [1.807, 2.05) is 12.1 Å². The highest BCUT2D eigenvalue weighted by molar-refractivity contribution is 5.72. The van der Waals surface area contributed by atoms with Gasteiger partial charge in [-0.25, -0.2) is 9.37 Å². The molecule has 0 bridgehead atoms. The molecule has 3 N–H and O–H groups in total. The van der Waals surface area contributed by atoms with Crippen LogP contribution in [-0.2, 0) is 0 Å². The molecule has 0 atom stereocenters. The minimum atomic E-state index is -0.285. The molecule has 5 nitrogen and oxygen atoms in total. The zero-order chi connectivity index (χ0) is 19.5.